The average Bonchev–Trinajstić information content (AvgIpc) is 2.68. The molecule has 0 aliphatic heterocycles. The number of fused-ring (bicyclic) bond motifs is 1. The summed E-state index contributed by atoms with van der Waals surface area (Å²) < 4.78 is 0.862. The van der Waals surface area contributed by atoms with E-state index in [4.69, 9.17) is 5.11 Å². The Morgan fingerprint density at radius 2 is 2.24 bits per heavy atom. The molecule has 1 aromatic heterocycles. The largest absolute Gasteiger partial charge is 0.478 e. The molecule has 0 aliphatic carbocycles. The van der Waals surface area contributed by atoms with E-state index in [1.165, 1.54) is 16.9 Å². The molecular weight excluding hydrogens is 234 g/mol. The maximum absolute atomic E-state index is 11.1. The van der Waals surface area contributed by atoms with Crippen molar-refractivity contribution in [3.05, 3.63) is 34.7 Å². The van der Waals surface area contributed by atoms with Gasteiger partial charge in [0.2, 0.25) is 0 Å². The zero-order chi connectivity index (χ0) is 12.4. The minimum atomic E-state index is -0.860. The molecule has 0 atom stereocenters. The van der Waals surface area contributed by atoms with E-state index in [-0.39, 0.29) is 0 Å². The molecule has 0 spiro atoms. The molecule has 0 bridgehead atoms. The standard InChI is InChI=1S/C13H15NO2S/c1-8(2)14-6-9-7-17-12-10(9)4-3-5-11(12)13(15)16/h3-5,7-8,14H,6H2,1-2H3,(H,15,16). The molecule has 2 aromatic rings. The quantitative estimate of drug-likeness (QED) is 0.875. The topological polar surface area (TPSA) is 49.3 Å². The lowest BCUT2D eigenvalue weighted by molar-refractivity contribution is 0.0699. The lowest BCUT2D eigenvalue weighted by Crippen LogP contribution is -2.21. The van der Waals surface area contributed by atoms with Crippen molar-refractivity contribution >= 4 is 27.4 Å². The minimum absolute atomic E-state index is 0.392. The van der Waals surface area contributed by atoms with E-state index >= 15 is 0 Å². The Hall–Kier alpha value is -1.39. The summed E-state index contributed by atoms with van der Waals surface area (Å²) in [5.41, 5.74) is 1.56. The molecule has 0 fully saturated rings. The third-order valence-electron chi connectivity index (χ3n) is 2.61. The fourth-order valence-electron chi connectivity index (χ4n) is 1.73. The van der Waals surface area contributed by atoms with Gasteiger partial charge in [-0.3, -0.25) is 0 Å². The van der Waals surface area contributed by atoms with Crippen LogP contribution < -0.4 is 5.32 Å². The normalized spacial score (nSPS) is 11.2. The molecule has 0 radical (unpaired) electrons. The molecule has 1 heterocycles. The second kappa shape index (κ2) is 4.85. The van der Waals surface area contributed by atoms with Gasteiger partial charge in [-0.15, -0.1) is 11.3 Å². The van der Waals surface area contributed by atoms with E-state index in [0.717, 1.165) is 16.6 Å². The molecule has 2 rings (SSSR count). The van der Waals surface area contributed by atoms with Crippen LogP contribution in [0.5, 0.6) is 0 Å². The van der Waals surface area contributed by atoms with Crippen LogP contribution in [0.1, 0.15) is 29.8 Å². The lowest BCUT2D eigenvalue weighted by atomic mass is 10.1. The van der Waals surface area contributed by atoms with Gasteiger partial charge >= 0.3 is 5.97 Å². The lowest BCUT2D eigenvalue weighted by Gasteiger charge is -2.07. The predicted octanol–water partition coefficient (Wildman–Crippen LogP) is 3.10. The molecule has 17 heavy (non-hydrogen) atoms. The number of thiophene rings is 1. The van der Waals surface area contributed by atoms with Crippen LogP contribution in [0.4, 0.5) is 0 Å². The molecule has 90 valence electrons. The third kappa shape index (κ3) is 2.48. The monoisotopic (exact) mass is 249 g/mol. The zero-order valence-electron chi connectivity index (χ0n) is 9.86. The van der Waals surface area contributed by atoms with Crippen molar-refractivity contribution in [1.29, 1.82) is 0 Å². The number of hydrogen-bond donors (Lipinski definition) is 2. The van der Waals surface area contributed by atoms with Crippen LogP contribution in [0.3, 0.4) is 0 Å². The van der Waals surface area contributed by atoms with E-state index in [0.29, 0.717) is 11.6 Å². The fourth-order valence-corrected chi connectivity index (χ4v) is 2.81. The van der Waals surface area contributed by atoms with Gasteiger partial charge < -0.3 is 10.4 Å². The summed E-state index contributed by atoms with van der Waals surface area (Å²) >= 11 is 1.50. The highest BCUT2D eigenvalue weighted by molar-refractivity contribution is 7.17. The van der Waals surface area contributed by atoms with Crippen molar-refractivity contribution < 1.29 is 9.90 Å². The van der Waals surface area contributed by atoms with Gasteiger partial charge in [-0.25, -0.2) is 4.79 Å². The number of carboxylic acid groups (broad SMARTS) is 1. The second-order valence-electron chi connectivity index (χ2n) is 4.28. The molecule has 0 saturated heterocycles. The summed E-state index contributed by atoms with van der Waals surface area (Å²) in [6.45, 7) is 4.97. The summed E-state index contributed by atoms with van der Waals surface area (Å²) in [7, 11) is 0. The van der Waals surface area contributed by atoms with Crippen LogP contribution in [0, 0.1) is 0 Å². The van der Waals surface area contributed by atoms with Gasteiger partial charge in [0.15, 0.2) is 0 Å². The smallest absolute Gasteiger partial charge is 0.337 e. The summed E-state index contributed by atoms with van der Waals surface area (Å²) in [5, 5.41) is 15.5. The first kappa shape index (κ1) is 12.1. The van der Waals surface area contributed by atoms with Gasteiger partial charge in [-0.05, 0) is 22.4 Å². The van der Waals surface area contributed by atoms with Gasteiger partial charge in [0.05, 0.1) is 5.56 Å². The van der Waals surface area contributed by atoms with Crippen LogP contribution in [-0.2, 0) is 6.54 Å². The van der Waals surface area contributed by atoms with Crippen LogP contribution in [-0.4, -0.2) is 17.1 Å². The number of carboxylic acids is 1. The Bertz CT molecular complexity index is 545. The van der Waals surface area contributed by atoms with Crippen LogP contribution in [0.25, 0.3) is 10.1 Å². The van der Waals surface area contributed by atoms with Crippen molar-refractivity contribution in [2.45, 2.75) is 26.4 Å². The Morgan fingerprint density at radius 1 is 1.47 bits per heavy atom. The molecule has 0 saturated carbocycles. The van der Waals surface area contributed by atoms with E-state index in [2.05, 4.69) is 19.2 Å². The van der Waals surface area contributed by atoms with Gasteiger partial charge in [-0.2, -0.15) is 0 Å². The Morgan fingerprint density at radius 3 is 2.88 bits per heavy atom. The number of aromatic carboxylic acids is 1. The summed E-state index contributed by atoms with van der Waals surface area (Å²) in [4.78, 5) is 11.1. The third-order valence-corrected chi connectivity index (χ3v) is 3.69. The average molecular weight is 249 g/mol. The fraction of sp³-hybridized carbons (Fsp3) is 0.308. The van der Waals surface area contributed by atoms with Gasteiger partial charge in [-0.1, -0.05) is 26.0 Å². The van der Waals surface area contributed by atoms with E-state index < -0.39 is 5.97 Å². The van der Waals surface area contributed by atoms with Crippen molar-refractivity contribution in [3.8, 4) is 0 Å². The number of hydrogen-bond acceptors (Lipinski definition) is 3. The predicted molar refractivity (Wildman–Crippen MR) is 70.8 cm³/mol. The van der Waals surface area contributed by atoms with Crippen molar-refractivity contribution in [1.82, 2.24) is 5.32 Å². The van der Waals surface area contributed by atoms with Crippen LogP contribution in [0.2, 0.25) is 0 Å². The molecule has 3 nitrogen and oxygen atoms in total. The first-order chi connectivity index (χ1) is 8.09. The highest BCUT2D eigenvalue weighted by Crippen LogP contribution is 2.29. The van der Waals surface area contributed by atoms with Crippen LogP contribution >= 0.6 is 11.3 Å². The SMILES string of the molecule is CC(C)NCc1csc2c(C(=O)O)cccc12. The summed E-state index contributed by atoms with van der Waals surface area (Å²) in [6, 6.07) is 5.86. The Labute approximate surface area is 104 Å². The molecule has 0 aliphatic rings. The maximum atomic E-state index is 11.1. The maximum Gasteiger partial charge on any atom is 0.337 e. The van der Waals surface area contributed by atoms with Crippen molar-refractivity contribution in [3.63, 3.8) is 0 Å². The van der Waals surface area contributed by atoms with Crippen molar-refractivity contribution in [2.24, 2.45) is 0 Å². The van der Waals surface area contributed by atoms with Gasteiger partial charge in [0.1, 0.15) is 0 Å². The first-order valence-electron chi connectivity index (χ1n) is 5.55. The number of rotatable bonds is 4. The van der Waals surface area contributed by atoms with Crippen LogP contribution in [0.15, 0.2) is 23.6 Å². The molecule has 4 heteroatoms. The summed E-state index contributed by atoms with van der Waals surface area (Å²) in [5.74, 6) is -0.860. The number of carbonyl (C=O) groups is 1. The molecular formula is C13H15NO2S. The number of benzene rings is 1. The molecule has 0 amide bonds. The van der Waals surface area contributed by atoms with E-state index in [1.54, 1.807) is 12.1 Å². The molecule has 0 unspecified atom stereocenters. The first-order valence-corrected chi connectivity index (χ1v) is 6.43. The Kier molecular flexibility index (Phi) is 3.45. The number of nitrogens with one attached hydrogen (secondary N) is 1. The van der Waals surface area contributed by atoms with E-state index in [1.807, 2.05) is 11.4 Å². The van der Waals surface area contributed by atoms with Gasteiger partial charge in [0, 0.05) is 17.3 Å². The zero-order valence-corrected chi connectivity index (χ0v) is 10.7. The molecule has 1 aromatic carbocycles. The second-order valence-corrected chi connectivity index (χ2v) is 5.16. The van der Waals surface area contributed by atoms with Gasteiger partial charge in [0.25, 0.3) is 0 Å². The highest BCUT2D eigenvalue weighted by atomic mass is 32.1. The highest BCUT2D eigenvalue weighted by Gasteiger charge is 2.12. The molecule has 2 N–H and O–H groups in total. The van der Waals surface area contributed by atoms with E-state index in [9.17, 15) is 4.79 Å². The summed E-state index contributed by atoms with van der Waals surface area (Å²) in [6.07, 6.45) is 0. The van der Waals surface area contributed by atoms with Crippen molar-refractivity contribution in [2.75, 3.05) is 0 Å². The Balaban J connectivity index is 2.40. The minimum Gasteiger partial charge on any atom is -0.478 e.